The van der Waals surface area contributed by atoms with Crippen LogP contribution in [0.2, 0.25) is 0 Å². The fourth-order valence-corrected chi connectivity index (χ4v) is 3.88. The van der Waals surface area contributed by atoms with Crippen LogP contribution in [0.1, 0.15) is 32.2 Å². The van der Waals surface area contributed by atoms with Crippen molar-refractivity contribution in [2.45, 2.75) is 45.1 Å². The monoisotopic (exact) mass is 288 g/mol. The van der Waals surface area contributed by atoms with Crippen LogP contribution in [-0.2, 0) is 17.1 Å². The number of nitrogens with zero attached hydrogens (tertiary/aromatic N) is 2. The molecule has 3 N–H and O–H groups in total. The van der Waals surface area contributed by atoms with Gasteiger partial charge in [0.1, 0.15) is 4.90 Å². The van der Waals surface area contributed by atoms with Gasteiger partial charge in [-0.25, -0.2) is 13.1 Å². The average Bonchev–Trinajstić information content (AvgIpc) is 2.52. The van der Waals surface area contributed by atoms with Crippen LogP contribution in [0.3, 0.4) is 0 Å². The smallest absolute Gasteiger partial charge is 0.244 e. The standard InChI is InChI=1S/C12H24N4O2S/c1-8(2)12(5,7-13)15-19(17,18)11-9(3)14-16(6)10(11)4/h8,15H,7,13H2,1-6H3. The maximum Gasteiger partial charge on any atom is 0.244 e. The zero-order valence-corrected chi connectivity index (χ0v) is 13.3. The van der Waals surface area contributed by atoms with Crippen LogP contribution in [0.25, 0.3) is 0 Å². The van der Waals surface area contributed by atoms with Gasteiger partial charge in [0.15, 0.2) is 0 Å². The Balaban J connectivity index is 3.26. The normalized spacial score (nSPS) is 15.8. The van der Waals surface area contributed by atoms with Crippen molar-refractivity contribution in [2.75, 3.05) is 6.54 Å². The summed E-state index contributed by atoms with van der Waals surface area (Å²) in [5.74, 6) is 0.0876. The summed E-state index contributed by atoms with van der Waals surface area (Å²) in [6.45, 7) is 9.37. The highest BCUT2D eigenvalue weighted by molar-refractivity contribution is 7.89. The highest BCUT2D eigenvalue weighted by Crippen LogP contribution is 2.23. The highest BCUT2D eigenvalue weighted by Gasteiger charge is 2.34. The van der Waals surface area contributed by atoms with E-state index in [1.54, 1.807) is 25.6 Å². The molecule has 19 heavy (non-hydrogen) atoms. The molecule has 1 unspecified atom stereocenters. The first-order valence-electron chi connectivity index (χ1n) is 6.29. The van der Waals surface area contributed by atoms with E-state index in [4.69, 9.17) is 5.73 Å². The first-order chi connectivity index (χ1) is 8.55. The lowest BCUT2D eigenvalue weighted by Gasteiger charge is -2.33. The van der Waals surface area contributed by atoms with E-state index >= 15 is 0 Å². The van der Waals surface area contributed by atoms with Crippen LogP contribution >= 0.6 is 0 Å². The third kappa shape index (κ3) is 2.98. The molecule has 7 heteroatoms. The fourth-order valence-electron chi connectivity index (χ4n) is 1.90. The number of nitrogens with two attached hydrogens (primary N) is 1. The van der Waals surface area contributed by atoms with Gasteiger partial charge >= 0.3 is 0 Å². The van der Waals surface area contributed by atoms with E-state index in [1.165, 1.54) is 0 Å². The Morgan fingerprint density at radius 2 is 1.95 bits per heavy atom. The molecule has 0 radical (unpaired) electrons. The molecule has 0 aliphatic rings. The molecule has 1 aromatic rings. The van der Waals surface area contributed by atoms with Gasteiger partial charge in [0.05, 0.1) is 11.4 Å². The van der Waals surface area contributed by atoms with E-state index in [9.17, 15) is 8.42 Å². The lowest BCUT2D eigenvalue weighted by atomic mass is 9.90. The van der Waals surface area contributed by atoms with Crippen molar-refractivity contribution in [2.24, 2.45) is 18.7 Å². The minimum Gasteiger partial charge on any atom is -0.329 e. The lowest BCUT2D eigenvalue weighted by Crippen LogP contribution is -2.54. The molecular weight excluding hydrogens is 264 g/mol. The van der Waals surface area contributed by atoms with Crippen molar-refractivity contribution >= 4 is 10.0 Å². The maximum absolute atomic E-state index is 12.5. The van der Waals surface area contributed by atoms with Gasteiger partial charge in [-0.1, -0.05) is 13.8 Å². The minimum atomic E-state index is -3.63. The molecule has 1 aromatic heterocycles. The summed E-state index contributed by atoms with van der Waals surface area (Å²) in [6, 6.07) is 0. The summed E-state index contributed by atoms with van der Waals surface area (Å²) in [5.41, 5.74) is 6.17. The quantitative estimate of drug-likeness (QED) is 0.834. The largest absolute Gasteiger partial charge is 0.329 e. The van der Waals surface area contributed by atoms with Crippen molar-refractivity contribution in [3.63, 3.8) is 0 Å². The average molecular weight is 288 g/mol. The SMILES string of the molecule is Cc1nn(C)c(C)c1S(=O)(=O)NC(C)(CN)C(C)C. The van der Waals surface area contributed by atoms with Crippen molar-refractivity contribution in [1.29, 1.82) is 0 Å². The van der Waals surface area contributed by atoms with Crippen LogP contribution < -0.4 is 10.5 Å². The zero-order chi connectivity index (χ0) is 15.0. The molecule has 0 amide bonds. The third-order valence-corrected chi connectivity index (χ3v) is 5.64. The fraction of sp³-hybridized carbons (Fsp3) is 0.750. The predicted octanol–water partition coefficient (Wildman–Crippen LogP) is 0.689. The van der Waals surface area contributed by atoms with Crippen LogP contribution in [0.15, 0.2) is 4.90 Å². The second-order valence-corrected chi connectivity index (χ2v) is 7.12. The molecule has 0 aromatic carbocycles. The van der Waals surface area contributed by atoms with Crippen LogP contribution in [0.4, 0.5) is 0 Å². The Morgan fingerprint density at radius 1 is 1.42 bits per heavy atom. The molecular formula is C12H24N4O2S. The van der Waals surface area contributed by atoms with Gasteiger partial charge in [0, 0.05) is 19.1 Å². The molecule has 1 rings (SSSR count). The van der Waals surface area contributed by atoms with Crippen LogP contribution in [0.5, 0.6) is 0 Å². The van der Waals surface area contributed by atoms with Crippen LogP contribution in [-0.4, -0.2) is 30.3 Å². The predicted molar refractivity (Wildman–Crippen MR) is 75.3 cm³/mol. The number of rotatable bonds is 5. The second-order valence-electron chi connectivity index (χ2n) is 5.51. The summed E-state index contributed by atoms with van der Waals surface area (Å²) < 4.78 is 29.4. The van der Waals surface area contributed by atoms with E-state index in [-0.39, 0.29) is 17.4 Å². The van der Waals surface area contributed by atoms with Gasteiger partial charge in [-0.05, 0) is 26.7 Å². The van der Waals surface area contributed by atoms with E-state index < -0.39 is 15.6 Å². The minimum absolute atomic E-state index is 0.0876. The molecule has 0 saturated heterocycles. The summed E-state index contributed by atoms with van der Waals surface area (Å²) in [5, 5.41) is 4.14. The number of aromatic nitrogens is 2. The van der Waals surface area contributed by atoms with E-state index in [0.29, 0.717) is 11.4 Å². The topological polar surface area (TPSA) is 90.0 Å². The van der Waals surface area contributed by atoms with Gasteiger partial charge in [-0.2, -0.15) is 5.10 Å². The van der Waals surface area contributed by atoms with Crippen molar-refractivity contribution in [3.8, 4) is 0 Å². The Labute approximate surface area is 115 Å². The van der Waals surface area contributed by atoms with Gasteiger partial charge < -0.3 is 5.73 Å². The zero-order valence-electron chi connectivity index (χ0n) is 12.5. The summed E-state index contributed by atoms with van der Waals surface area (Å²) >= 11 is 0. The number of hydrogen-bond acceptors (Lipinski definition) is 4. The first kappa shape index (κ1) is 16.1. The molecule has 6 nitrogen and oxygen atoms in total. The van der Waals surface area contributed by atoms with Crippen molar-refractivity contribution in [1.82, 2.24) is 14.5 Å². The molecule has 110 valence electrons. The molecule has 0 bridgehead atoms. The van der Waals surface area contributed by atoms with Gasteiger partial charge in [0.2, 0.25) is 10.0 Å². The summed E-state index contributed by atoms with van der Waals surface area (Å²) in [4.78, 5) is 0.246. The number of aryl methyl sites for hydroxylation is 2. The molecule has 0 aliphatic heterocycles. The molecule has 0 saturated carbocycles. The third-order valence-electron chi connectivity index (χ3n) is 3.78. The van der Waals surface area contributed by atoms with E-state index in [2.05, 4.69) is 9.82 Å². The number of hydrogen-bond donors (Lipinski definition) is 2. The Kier molecular flexibility index (Phi) is 4.44. The van der Waals surface area contributed by atoms with Crippen molar-refractivity contribution in [3.05, 3.63) is 11.4 Å². The molecule has 0 aliphatic carbocycles. The summed E-state index contributed by atoms with van der Waals surface area (Å²) in [7, 11) is -1.90. The maximum atomic E-state index is 12.5. The lowest BCUT2D eigenvalue weighted by molar-refractivity contribution is 0.314. The Bertz CT molecular complexity index is 563. The van der Waals surface area contributed by atoms with E-state index in [1.807, 2.05) is 20.8 Å². The molecule has 1 heterocycles. The van der Waals surface area contributed by atoms with E-state index in [0.717, 1.165) is 0 Å². The molecule has 0 spiro atoms. The highest BCUT2D eigenvalue weighted by atomic mass is 32.2. The molecule has 1 atom stereocenters. The second kappa shape index (κ2) is 5.22. The number of nitrogens with one attached hydrogen (secondary N) is 1. The summed E-state index contributed by atoms with van der Waals surface area (Å²) in [6.07, 6.45) is 0. The molecule has 0 fully saturated rings. The van der Waals surface area contributed by atoms with Gasteiger partial charge in [-0.15, -0.1) is 0 Å². The van der Waals surface area contributed by atoms with Crippen molar-refractivity contribution < 1.29 is 8.42 Å². The Hall–Kier alpha value is -0.920. The van der Waals surface area contributed by atoms with Gasteiger partial charge in [0.25, 0.3) is 0 Å². The van der Waals surface area contributed by atoms with Crippen LogP contribution in [0, 0.1) is 19.8 Å². The van der Waals surface area contributed by atoms with Gasteiger partial charge in [-0.3, -0.25) is 4.68 Å². The first-order valence-corrected chi connectivity index (χ1v) is 7.77. The number of sulfonamides is 1. The Morgan fingerprint density at radius 3 is 2.26 bits per heavy atom.